The molecule has 0 aliphatic carbocycles. The summed E-state index contributed by atoms with van der Waals surface area (Å²) in [6.07, 6.45) is 2.85. The summed E-state index contributed by atoms with van der Waals surface area (Å²) in [6, 6.07) is 6.70. The first-order chi connectivity index (χ1) is 14.1. The summed E-state index contributed by atoms with van der Waals surface area (Å²) in [5.41, 5.74) is 4.74. The minimum Gasteiger partial charge on any atom is -0.382 e. The summed E-state index contributed by atoms with van der Waals surface area (Å²) in [6.45, 7) is 6.36. The monoisotopic (exact) mass is 459 g/mol. The van der Waals surface area contributed by atoms with E-state index in [9.17, 15) is 4.79 Å². The van der Waals surface area contributed by atoms with Crippen molar-refractivity contribution in [1.29, 1.82) is 0 Å². The Labute approximate surface area is 179 Å². The number of aromatic nitrogens is 2. The van der Waals surface area contributed by atoms with Gasteiger partial charge in [-0.15, -0.1) is 0 Å². The van der Waals surface area contributed by atoms with Gasteiger partial charge in [-0.3, -0.25) is 9.48 Å². The second-order valence-electron chi connectivity index (χ2n) is 7.97. The van der Waals surface area contributed by atoms with Gasteiger partial charge in [0, 0.05) is 61.9 Å². The van der Waals surface area contributed by atoms with Crippen molar-refractivity contribution in [2.75, 3.05) is 43.1 Å². The van der Waals surface area contributed by atoms with Crippen molar-refractivity contribution in [3.8, 4) is 0 Å². The summed E-state index contributed by atoms with van der Waals surface area (Å²) in [4.78, 5) is 16.3. The van der Waals surface area contributed by atoms with Crippen LogP contribution in [-0.4, -0.2) is 53.4 Å². The van der Waals surface area contributed by atoms with Gasteiger partial charge in [-0.1, -0.05) is 15.9 Å². The van der Waals surface area contributed by atoms with Crippen LogP contribution in [0.15, 0.2) is 22.7 Å². The van der Waals surface area contributed by atoms with Gasteiger partial charge in [-0.2, -0.15) is 5.10 Å². The largest absolute Gasteiger partial charge is 0.382 e. The van der Waals surface area contributed by atoms with E-state index in [1.54, 1.807) is 6.92 Å². The van der Waals surface area contributed by atoms with Crippen molar-refractivity contribution in [3.63, 3.8) is 0 Å². The highest BCUT2D eigenvalue weighted by molar-refractivity contribution is 9.10. The van der Waals surface area contributed by atoms with Crippen LogP contribution in [0.25, 0.3) is 0 Å². The number of rotatable bonds is 2. The molecule has 7 nitrogen and oxygen atoms in total. The molecule has 3 aliphatic rings. The maximum absolute atomic E-state index is 12.1. The van der Waals surface area contributed by atoms with E-state index in [0.29, 0.717) is 12.6 Å². The first-order valence-corrected chi connectivity index (χ1v) is 11.2. The lowest BCUT2D eigenvalue weighted by molar-refractivity contribution is -0.129. The number of nitrogens with zero attached hydrogens (tertiary/aromatic N) is 4. The first kappa shape index (κ1) is 18.9. The molecule has 1 fully saturated rings. The normalized spacial score (nSPS) is 19.5. The van der Waals surface area contributed by atoms with Crippen LogP contribution >= 0.6 is 15.9 Å². The zero-order chi connectivity index (χ0) is 20.0. The Kier molecular flexibility index (Phi) is 4.99. The fraction of sp³-hybridized carbons (Fsp3) is 0.524. The Balaban J connectivity index is 1.60. The molecule has 1 aromatic carbocycles. The third-order valence-corrected chi connectivity index (χ3v) is 6.70. The lowest BCUT2D eigenvalue weighted by atomic mass is 10.0. The fourth-order valence-corrected chi connectivity index (χ4v) is 5.03. The quantitative estimate of drug-likeness (QED) is 0.744. The van der Waals surface area contributed by atoms with Gasteiger partial charge in [0.05, 0.1) is 24.0 Å². The average Bonchev–Trinajstić information content (AvgIpc) is 3.12. The van der Waals surface area contributed by atoms with Crippen LogP contribution in [0, 0.1) is 0 Å². The van der Waals surface area contributed by atoms with Crippen molar-refractivity contribution < 1.29 is 9.53 Å². The molecule has 0 spiro atoms. The van der Waals surface area contributed by atoms with Gasteiger partial charge in [0.15, 0.2) is 5.82 Å². The number of halogens is 1. The smallest absolute Gasteiger partial charge is 0.219 e. The fourth-order valence-electron chi connectivity index (χ4n) is 4.67. The maximum atomic E-state index is 12.1. The van der Waals surface area contributed by atoms with Gasteiger partial charge < -0.3 is 19.9 Å². The molecular weight excluding hydrogens is 434 g/mol. The molecule has 1 amide bonds. The molecule has 4 heterocycles. The van der Waals surface area contributed by atoms with E-state index >= 15 is 0 Å². The molecule has 1 saturated heterocycles. The molecule has 0 radical (unpaired) electrons. The number of benzene rings is 1. The third kappa shape index (κ3) is 3.42. The summed E-state index contributed by atoms with van der Waals surface area (Å²) >= 11 is 3.57. The molecule has 154 valence electrons. The standard InChI is InChI=1S/C21H26BrN5O2/c1-14(28)25-8-4-19-17(13-25)21(24-27(19)16-5-10-29-11-6-16)26-9-7-23-18-12-15(22)2-3-20(18)26/h2-3,12,16,23H,4-11,13H2,1H3. The van der Waals surface area contributed by atoms with Crippen LogP contribution in [0.3, 0.4) is 0 Å². The number of amides is 1. The Hall–Kier alpha value is -2.06. The number of carbonyl (C=O) groups is 1. The number of hydrogen-bond donors (Lipinski definition) is 1. The number of ether oxygens (including phenoxy) is 1. The first-order valence-electron chi connectivity index (χ1n) is 10.4. The van der Waals surface area contributed by atoms with E-state index in [0.717, 1.165) is 73.8 Å². The van der Waals surface area contributed by atoms with Crippen molar-refractivity contribution in [2.45, 2.75) is 38.8 Å². The van der Waals surface area contributed by atoms with Crippen LogP contribution in [0.5, 0.6) is 0 Å². The highest BCUT2D eigenvalue weighted by Crippen LogP contribution is 2.40. The lowest BCUT2D eigenvalue weighted by Gasteiger charge is -2.33. The second kappa shape index (κ2) is 7.65. The molecule has 5 rings (SSSR count). The van der Waals surface area contributed by atoms with Crippen molar-refractivity contribution in [3.05, 3.63) is 33.9 Å². The molecule has 0 saturated carbocycles. The van der Waals surface area contributed by atoms with Crippen LogP contribution in [-0.2, 0) is 22.5 Å². The Morgan fingerprint density at radius 3 is 2.90 bits per heavy atom. The highest BCUT2D eigenvalue weighted by atomic mass is 79.9. The summed E-state index contributed by atoms with van der Waals surface area (Å²) in [5.74, 6) is 1.13. The van der Waals surface area contributed by atoms with E-state index in [2.05, 4.69) is 49.0 Å². The Morgan fingerprint density at radius 2 is 2.10 bits per heavy atom. The molecule has 3 aliphatic heterocycles. The Morgan fingerprint density at radius 1 is 1.28 bits per heavy atom. The zero-order valence-electron chi connectivity index (χ0n) is 16.7. The molecule has 0 atom stereocenters. The van der Waals surface area contributed by atoms with Gasteiger partial charge in [0.25, 0.3) is 0 Å². The summed E-state index contributed by atoms with van der Waals surface area (Å²) in [7, 11) is 0. The minimum absolute atomic E-state index is 0.130. The molecule has 2 aromatic rings. The predicted molar refractivity (Wildman–Crippen MR) is 116 cm³/mol. The van der Waals surface area contributed by atoms with Crippen molar-refractivity contribution in [2.24, 2.45) is 0 Å². The predicted octanol–water partition coefficient (Wildman–Crippen LogP) is 3.47. The average molecular weight is 460 g/mol. The maximum Gasteiger partial charge on any atom is 0.219 e. The van der Waals surface area contributed by atoms with E-state index in [1.165, 1.54) is 11.3 Å². The number of anilines is 3. The second-order valence-corrected chi connectivity index (χ2v) is 8.88. The van der Waals surface area contributed by atoms with Gasteiger partial charge in [-0.25, -0.2) is 0 Å². The third-order valence-electron chi connectivity index (χ3n) is 6.20. The Bertz CT molecular complexity index is 937. The molecule has 0 bridgehead atoms. The molecular formula is C21H26BrN5O2. The number of fused-ring (bicyclic) bond motifs is 2. The van der Waals surface area contributed by atoms with Crippen LogP contribution in [0.1, 0.15) is 37.1 Å². The van der Waals surface area contributed by atoms with Crippen LogP contribution in [0.2, 0.25) is 0 Å². The van der Waals surface area contributed by atoms with Gasteiger partial charge >= 0.3 is 0 Å². The number of carbonyl (C=O) groups excluding carboxylic acids is 1. The van der Waals surface area contributed by atoms with E-state index < -0.39 is 0 Å². The highest BCUT2D eigenvalue weighted by Gasteiger charge is 2.33. The number of nitrogens with one attached hydrogen (secondary N) is 1. The molecule has 8 heteroatoms. The minimum atomic E-state index is 0.130. The molecule has 1 N–H and O–H groups in total. The number of hydrogen-bond acceptors (Lipinski definition) is 5. The van der Waals surface area contributed by atoms with Crippen molar-refractivity contribution >= 4 is 39.0 Å². The molecule has 29 heavy (non-hydrogen) atoms. The van der Waals surface area contributed by atoms with E-state index in [1.807, 2.05) is 4.90 Å². The molecule has 0 unspecified atom stereocenters. The van der Waals surface area contributed by atoms with E-state index in [4.69, 9.17) is 9.84 Å². The van der Waals surface area contributed by atoms with Crippen molar-refractivity contribution in [1.82, 2.24) is 14.7 Å². The zero-order valence-corrected chi connectivity index (χ0v) is 18.2. The van der Waals surface area contributed by atoms with E-state index in [-0.39, 0.29) is 5.91 Å². The topological polar surface area (TPSA) is 62.6 Å². The van der Waals surface area contributed by atoms with Gasteiger partial charge in [0.2, 0.25) is 5.91 Å². The van der Waals surface area contributed by atoms with Gasteiger partial charge in [0.1, 0.15) is 0 Å². The summed E-state index contributed by atoms with van der Waals surface area (Å²) in [5, 5.41) is 8.66. The lowest BCUT2D eigenvalue weighted by Crippen LogP contribution is -2.36. The van der Waals surface area contributed by atoms with Gasteiger partial charge in [-0.05, 0) is 31.0 Å². The summed E-state index contributed by atoms with van der Waals surface area (Å²) < 4.78 is 8.89. The SMILES string of the molecule is CC(=O)N1CCc2c(c(N3CCNc4cc(Br)ccc43)nn2C2CCOCC2)C1. The molecule has 1 aromatic heterocycles. The van der Waals surface area contributed by atoms with Crippen LogP contribution in [0.4, 0.5) is 17.2 Å². The van der Waals surface area contributed by atoms with Crippen LogP contribution < -0.4 is 10.2 Å².